The van der Waals surface area contributed by atoms with Gasteiger partial charge in [0.15, 0.2) is 5.76 Å². The molecular weight excluding hydrogens is 522 g/mol. The Morgan fingerprint density at radius 1 is 0.857 bits per heavy atom. The Morgan fingerprint density at radius 2 is 1.62 bits per heavy atom. The van der Waals surface area contributed by atoms with Crippen LogP contribution >= 0.6 is 0 Å². The number of aryl methyl sites for hydroxylation is 1. The third kappa shape index (κ3) is 4.99. The van der Waals surface area contributed by atoms with E-state index in [0.29, 0.717) is 23.9 Å². The van der Waals surface area contributed by atoms with Gasteiger partial charge in [-0.3, -0.25) is 4.90 Å². The molecule has 2 atom stereocenters. The van der Waals surface area contributed by atoms with Gasteiger partial charge in [-0.15, -0.1) is 0 Å². The number of likely N-dealkylation sites (N-methyl/N-ethyl adjacent to an activating group) is 1. The summed E-state index contributed by atoms with van der Waals surface area (Å²) in [6, 6.07) is 26.1. The molecule has 0 aliphatic carbocycles. The van der Waals surface area contributed by atoms with Gasteiger partial charge in [0.1, 0.15) is 0 Å². The molecule has 212 valence electrons. The Kier molecular flexibility index (Phi) is 6.63. The monoisotopic (exact) mass is 557 g/mol. The van der Waals surface area contributed by atoms with Crippen LogP contribution in [0.1, 0.15) is 12.0 Å². The number of nitrogens with one attached hydrogen (secondary N) is 1. The summed E-state index contributed by atoms with van der Waals surface area (Å²) in [6.45, 7) is 4.45. The molecule has 1 N–H and O–H groups in total. The van der Waals surface area contributed by atoms with Crippen molar-refractivity contribution in [1.82, 2.24) is 19.9 Å². The molecule has 0 spiro atoms. The second kappa shape index (κ2) is 10.6. The number of hydrogen-bond donors (Lipinski definition) is 1. The number of oxazole rings is 1. The van der Waals surface area contributed by atoms with Crippen LogP contribution in [-0.2, 0) is 0 Å². The molecule has 0 radical (unpaired) electrons. The van der Waals surface area contributed by atoms with E-state index in [4.69, 9.17) is 9.40 Å². The van der Waals surface area contributed by atoms with E-state index in [0.717, 1.165) is 52.6 Å². The van der Waals surface area contributed by atoms with Crippen LogP contribution in [0.3, 0.4) is 0 Å². The van der Waals surface area contributed by atoms with E-state index in [-0.39, 0.29) is 0 Å². The number of rotatable bonds is 7. The van der Waals surface area contributed by atoms with Crippen molar-refractivity contribution in [3.05, 3.63) is 90.8 Å². The fourth-order valence-electron chi connectivity index (χ4n) is 6.17. The summed E-state index contributed by atoms with van der Waals surface area (Å²) in [5.74, 6) is 1.91. The molecular formula is C34H35N7O. The van der Waals surface area contributed by atoms with E-state index in [1.165, 1.54) is 17.7 Å². The minimum absolute atomic E-state index is 0.572. The van der Waals surface area contributed by atoms with Gasteiger partial charge in [-0.1, -0.05) is 12.1 Å². The summed E-state index contributed by atoms with van der Waals surface area (Å²) in [6.07, 6.45) is 4.83. The number of hydrogen-bond acceptors (Lipinski definition) is 8. The molecule has 8 nitrogen and oxygen atoms in total. The lowest BCUT2D eigenvalue weighted by Gasteiger charge is -2.34. The first-order valence-electron chi connectivity index (χ1n) is 14.4. The van der Waals surface area contributed by atoms with Crippen molar-refractivity contribution in [2.75, 3.05) is 49.3 Å². The average Bonchev–Trinajstić information content (AvgIpc) is 3.74. The number of benzene rings is 3. The van der Waals surface area contributed by atoms with Crippen LogP contribution in [0.4, 0.5) is 23.0 Å². The first-order chi connectivity index (χ1) is 20.4. The predicted octanol–water partition coefficient (Wildman–Crippen LogP) is 6.48. The van der Waals surface area contributed by atoms with E-state index < -0.39 is 0 Å². The normalized spacial score (nSPS) is 18.0. The summed E-state index contributed by atoms with van der Waals surface area (Å²) in [5.41, 5.74) is 8.48. The van der Waals surface area contributed by atoms with Crippen molar-refractivity contribution in [1.29, 1.82) is 0 Å². The third-order valence-corrected chi connectivity index (χ3v) is 8.53. The van der Waals surface area contributed by atoms with Crippen LogP contribution in [0.2, 0.25) is 0 Å². The summed E-state index contributed by atoms with van der Waals surface area (Å²) in [7, 11) is 6.29. The van der Waals surface area contributed by atoms with Gasteiger partial charge in [-0.2, -0.15) is 0 Å². The zero-order valence-corrected chi connectivity index (χ0v) is 24.5. The van der Waals surface area contributed by atoms with Crippen molar-refractivity contribution < 1.29 is 4.42 Å². The summed E-state index contributed by atoms with van der Waals surface area (Å²) in [4.78, 5) is 20.9. The minimum atomic E-state index is 0.572. The predicted molar refractivity (Wildman–Crippen MR) is 169 cm³/mol. The molecule has 2 aromatic heterocycles. The molecule has 4 heterocycles. The second-order valence-electron chi connectivity index (χ2n) is 11.6. The summed E-state index contributed by atoms with van der Waals surface area (Å²) >= 11 is 0. The highest BCUT2D eigenvalue weighted by molar-refractivity contribution is 5.69. The van der Waals surface area contributed by atoms with Crippen molar-refractivity contribution in [2.24, 2.45) is 0 Å². The Hall–Kier alpha value is -4.69. The molecule has 2 bridgehead atoms. The van der Waals surface area contributed by atoms with Gasteiger partial charge in [0, 0.05) is 79.2 Å². The lowest BCUT2D eigenvalue weighted by molar-refractivity contribution is 0.292. The maximum Gasteiger partial charge on any atom is 0.227 e. The van der Waals surface area contributed by atoms with Crippen molar-refractivity contribution >= 4 is 23.0 Å². The molecule has 0 amide bonds. The van der Waals surface area contributed by atoms with Gasteiger partial charge in [-0.25, -0.2) is 15.0 Å². The first-order valence-corrected chi connectivity index (χ1v) is 14.4. The molecule has 8 heteroatoms. The summed E-state index contributed by atoms with van der Waals surface area (Å²) < 4.78 is 6.09. The highest BCUT2D eigenvalue weighted by Crippen LogP contribution is 2.36. The van der Waals surface area contributed by atoms with E-state index in [1.807, 2.05) is 44.4 Å². The fraction of sp³-hybridized carbons (Fsp3) is 0.265. The topological polar surface area (TPSA) is 73.6 Å². The molecule has 3 aromatic carbocycles. The van der Waals surface area contributed by atoms with Gasteiger partial charge in [0.2, 0.25) is 11.8 Å². The lowest BCUT2D eigenvalue weighted by atomic mass is 10.1. The molecule has 2 unspecified atom stereocenters. The quantitative estimate of drug-likeness (QED) is 0.244. The zero-order chi connectivity index (χ0) is 28.8. The van der Waals surface area contributed by atoms with Crippen molar-refractivity contribution in [2.45, 2.75) is 25.4 Å². The SMILES string of the molecule is Cc1cc(Nc2nccc(-c3ccc(-c4ncc(-c5ccc(N(C)C)cc5)o4)cc3)n2)ccc1N1CC2CC1CN2C. The highest BCUT2D eigenvalue weighted by Gasteiger charge is 2.41. The minimum Gasteiger partial charge on any atom is -0.436 e. The average molecular weight is 558 g/mol. The van der Waals surface area contributed by atoms with Crippen molar-refractivity contribution in [3.8, 4) is 34.0 Å². The highest BCUT2D eigenvalue weighted by atomic mass is 16.4. The molecule has 0 saturated carbocycles. The number of anilines is 4. The zero-order valence-electron chi connectivity index (χ0n) is 24.5. The van der Waals surface area contributed by atoms with Gasteiger partial charge in [0.05, 0.1) is 11.9 Å². The number of fused-ring (bicyclic) bond motifs is 2. The standard InChI is InChI=1S/C34H35N7O/c1-22-17-26(11-14-31(22)41-21-28-18-29(41)20-40(28)4)37-34-35-16-15-30(38-34)23-5-7-25(8-6-23)33-36-19-32(42-33)24-9-12-27(13-10-24)39(2)3/h5-17,19,28-29H,18,20-21H2,1-4H3,(H,35,37,38). The van der Waals surface area contributed by atoms with Gasteiger partial charge in [0.25, 0.3) is 0 Å². The Balaban J connectivity index is 1.04. The number of aromatic nitrogens is 3. The maximum absolute atomic E-state index is 6.09. The molecule has 42 heavy (non-hydrogen) atoms. The van der Waals surface area contributed by atoms with Gasteiger partial charge >= 0.3 is 0 Å². The van der Waals surface area contributed by atoms with Crippen LogP contribution < -0.4 is 15.1 Å². The number of piperazine rings is 1. The van der Waals surface area contributed by atoms with Crippen LogP contribution in [0, 0.1) is 6.92 Å². The van der Waals surface area contributed by atoms with E-state index >= 15 is 0 Å². The molecule has 2 aliphatic rings. The first kappa shape index (κ1) is 26.2. The summed E-state index contributed by atoms with van der Waals surface area (Å²) in [5, 5.41) is 3.40. The molecule has 5 aromatic rings. The van der Waals surface area contributed by atoms with Crippen LogP contribution in [0.25, 0.3) is 34.0 Å². The number of nitrogens with zero attached hydrogens (tertiary/aromatic N) is 6. The number of likely N-dealkylation sites (tertiary alicyclic amines) is 1. The fourth-order valence-corrected chi connectivity index (χ4v) is 6.17. The van der Waals surface area contributed by atoms with E-state index in [9.17, 15) is 0 Å². The van der Waals surface area contributed by atoms with Crippen LogP contribution in [0.15, 0.2) is 89.6 Å². The third-order valence-electron chi connectivity index (χ3n) is 8.53. The largest absolute Gasteiger partial charge is 0.436 e. The van der Waals surface area contributed by atoms with E-state index in [1.54, 1.807) is 12.4 Å². The lowest BCUT2D eigenvalue weighted by Crippen LogP contribution is -2.44. The molecule has 2 saturated heterocycles. The second-order valence-corrected chi connectivity index (χ2v) is 11.6. The molecule has 2 aliphatic heterocycles. The Labute approximate surface area is 246 Å². The van der Waals surface area contributed by atoms with Crippen LogP contribution in [0.5, 0.6) is 0 Å². The van der Waals surface area contributed by atoms with Gasteiger partial charge < -0.3 is 19.5 Å². The Bertz CT molecular complexity index is 1710. The van der Waals surface area contributed by atoms with Crippen molar-refractivity contribution in [3.63, 3.8) is 0 Å². The molecule has 2 fully saturated rings. The van der Waals surface area contributed by atoms with Crippen LogP contribution in [-0.4, -0.2) is 66.2 Å². The maximum atomic E-state index is 6.09. The van der Waals surface area contributed by atoms with E-state index in [2.05, 4.69) is 86.4 Å². The van der Waals surface area contributed by atoms with Gasteiger partial charge in [-0.05, 0) is 86.6 Å². The molecule has 7 rings (SSSR count). The smallest absolute Gasteiger partial charge is 0.227 e. The Morgan fingerprint density at radius 3 is 2.31 bits per heavy atom.